The SMILES string of the molecule is CCCOc1ccc(/C(O)=C2\C(=O)C(=O)N(c3ccccn3)[C@H]2c2ccc(C)cc2)cc1. The van der Waals surface area contributed by atoms with Crippen LogP contribution in [0, 0.1) is 6.92 Å². The number of carbonyl (C=O) groups excluding carboxylic acids is 2. The van der Waals surface area contributed by atoms with E-state index in [4.69, 9.17) is 4.74 Å². The monoisotopic (exact) mass is 428 g/mol. The second-order valence-electron chi connectivity index (χ2n) is 7.64. The fourth-order valence-corrected chi connectivity index (χ4v) is 3.71. The highest BCUT2D eigenvalue weighted by Crippen LogP contribution is 2.41. The number of ketones is 1. The Balaban J connectivity index is 1.83. The van der Waals surface area contributed by atoms with Crippen molar-refractivity contribution in [2.24, 2.45) is 0 Å². The van der Waals surface area contributed by atoms with E-state index in [0.29, 0.717) is 29.3 Å². The first-order valence-electron chi connectivity index (χ1n) is 10.5. The first-order chi connectivity index (χ1) is 15.5. The maximum absolute atomic E-state index is 13.1. The van der Waals surface area contributed by atoms with Gasteiger partial charge in [0, 0.05) is 11.8 Å². The number of hydrogen-bond donors (Lipinski definition) is 1. The van der Waals surface area contributed by atoms with Crippen molar-refractivity contribution in [3.8, 4) is 5.75 Å². The Morgan fingerprint density at radius 2 is 1.75 bits per heavy atom. The number of pyridine rings is 1. The van der Waals surface area contributed by atoms with E-state index in [1.165, 1.54) is 4.90 Å². The molecule has 4 rings (SSSR count). The topological polar surface area (TPSA) is 79.7 Å². The van der Waals surface area contributed by atoms with E-state index in [1.807, 2.05) is 38.1 Å². The van der Waals surface area contributed by atoms with Crippen molar-refractivity contribution < 1.29 is 19.4 Å². The number of aliphatic hydroxyl groups excluding tert-OH is 1. The molecular formula is C26H24N2O4. The third kappa shape index (κ3) is 3.99. The van der Waals surface area contributed by atoms with Gasteiger partial charge in [-0.2, -0.15) is 0 Å². The van der Waals surface area contributed by atoms with Gasteiger partial charge in [0.15, 0.2) is 0 Å². The molecule has 1 aromatic heterocycles. The molecule has 0 saturated carbocycles. The van der Waals surface area contributed by atoms with E-state index in [0.717, 1.165) is 12.0 Å². The molecule has 6 heteroatoms. The molecule has 2 aromatic carbocycles. The zero-order chi connectivity index (χ0) is 22.7. The van der Waals surface area contributed by atoms with Crippen LogP contribution in [-0.2, 0) is 9.59 Å². The highest BCUT2D eigenvalue weighted by Gasteiger charge is 2.47. The fraction of sp³-hybridized carbons (Fsp3) is 0.192. The van der Waals surface area contributed by atoms with Crippen molar-refractivity contribution in [1.82, 2.24) is 4.98 Å². The summed E-state index contributed by atoms with van der Waals surface area (Å²) in [7, 11) is 0. The maximum Gasteiger partial charge on any atom is 0.301 e. The molecule has 1 N–H and O–H groups in total. The Morgan fingerprint density at radius 1 is 1.03 bits per heavy atom. The molecule has 0 spiro atoms. The molecule has 1 aliphatic rings. The van der Waals surface area contributed by atoms with Crippen LogP contribution in [0.5, 0.6) is 5.75 Å². The number of aryl methyl sites for hydroxylation is 1. The number of rotatable bonds is 6. The summed E-state index contributed by atoms with van der Waals surface area (Å²) in [6.45, 7) is 4.57. The van der Waals surface area contributed by atoms with Crippen LogP contribution >= 0.6 is 0 Å². The van der Waals surface area contributed by atoms with Crippen molar-refractivity contribution >= 4 is 23.3 Å². The maximum atomic E-state index is 13.1. The van der Waals surface area contributed by atoms with Gasteiger partial charge in [-0.1, -0.05) is 42.8 Å². The van der Waals surface area contributed by atoms with E-state index < -0.39 is 17.7 Å². The van der Waals surface area contributed by atoms with Crippen LogP contribution in [0.2, 0.25) is 0 Å². The molecule has 3 aromatic rings. The quantitative estimate of drug-likeness (QED) is 0.346. The number of anilines is 1. The molecule has 0 unspecified atom stereocenters. The molecule has 162 valence electrons. The molecule has 6 nitrogen and oxygen atoms in total. The van der Waals surface area contributed by atoms with Crippen molar-refractivity contribution in [3.05, 3.63) is 95.2 Å². The zero-order valence-corrected chi connectivity index (χ0v) is 18.0. The predicted molar refractivity (Wildman–Crippen MR) is 122 cm³/mol. The Bertz CT molecular complexity index is 1150. The van der Waals surface area contributed by atoms with Crippen LogP contribution in [0.25, 0.3) is 5.76 Å². The van der Waals surface area contributed by atoms with Crippen molar-refractivity contribution in [2.75, 3.05) is 11.5 Å². The molecule has 0 radical (unpaired) electrons. The minimum absolute atomic E-state index is 0.0340. The van der Waals surface area contributed by atoms with Crippen LogP contribution in [0.15, 0.2) is 78.5 Å². The van der Waals surface area contributed by atoms with Gasteiger partial charge in [0.05, 0.1) is 18.2 Å². The molecule has 32 heavy (non-hydrogen) atoms. The summed E-state index contributed by atoms with van der Waals surface area (Å²) in [5.41, 5.74) is 2.23. The number of aromatic nitrogens is 1. The lowest BCUT2D eigenvalue weighted by Crippen LogP contribution is -2.30. The standard InChI is InChI=1S/C26H24N2O4/c1-3-16-32-20-13-11-19(12-14-20)24(29)22-23(18-9-7-17(2)8-10-18)28(26(31)25(22)30)21-6-4-5-15-27-21/h4-15,23,29H,3,16H2,1-2H3/b24-22+/t23-/m0/s1. The number of benzene rings is 2. The van der Waals surface area contributed by atoms with Gasteiger partial charge in [0.1, 0.15) is 17.3 Å². The van der Waals surface area contributed by atoms with E-state index in [1.54, 1.807) is 48.7 Å². The largest absolute Gasteiger partial charge is 0.507 e. The highest BCUT2D eigenvalue weighted by atomic mass is 16.5. The molecule has 1 atom stereocenters. The number of nitrogens with zero attached hydrogens (tertiary/aromatic N) is 2. The van der Waals surface area contributed by atoms with Crippen molar-refractivity contribution in [2.45, 2.75) is 26.3 Å². The van der Waals surface area contributed by atoms with Crippen molar-refractivity contribution in [3.63, 3.8) is 0 Å². The van der Waals surface area contributed by atoms with Gasteiger partial charge >= 0.3 is 5.91 Å². The van der Waals surface area contributed by atoms with E-state index in [-0.39, 0.29) is 11.3 Å². The molecule has 0 bridgehead atoms. The second kappa shape index (κ2) is 9.06. The van der Waals surface area contributed by atoms with Gasteiger partial charge < -0.3 is 9.84 Å². The number of hydrogen-bond acceptors (Lipinski definition) is 5. The molecular weight excluding hydrogens is 404 g/mol. The lowest BCUT2D eigenvalue weighted by atomic mass is 9.94. The predicted octanol–water partition coefficient (Wildman–Crippen LogP) is 4.81. The minimum Gasteiger partial charge on any atom is -0.507 e. The van der Waals surface area contributed by atoms with Crippen LogP contribution < -0.4 is 9.64 Å². The van der Waals surface area contributed by atoms with E-state index >= 15 is 0 Å². The molecule has 1 amide bonds. The molecule has 1 fully saturated rings. The summed E-state index contributed by atoms with van der Waals surface area (Å²) >= 11 is 0. The fourth-order valence-electron chi connectivity index (χ4n) is 3.71. The van der Waals surface area contributed by atoms with Gasteiger partial charge in [0.25, 0.3) is 5.78 Å². The molecule has 2 heterocycles. The van der Waals surface area contributed by atoms with Gasteiger partial charge in [-0.3, -0.25) is 14.5 Å². The zero-order valence-electron chi connectivity index (χ0n) is 18.0. The van der Waals surface area contributed by atoms with Crippen LogP contribution in [0.1, 0.15) is 36.1 Å². The summed E-state index contributed by atoms with van der Waals surface area (Å²) in [5, 5.41) is 11.1. The Morgan fingerprint density at radius 3 is 2.38 bits per heavy atom. The summed E-state index contributed by atoms with van der Waals surface area (Å²) in [6, 6.07) is 18.7. The smallest absolute Gasteiger partial charge is 0.301 e. The number of amides is 1. The van der Waals surface area contributed by atoms with E-state index in [9.17, 15) is 14.7 Å². The summed E-state index contributed by atoms with van der Waals surface area (Å²) in [4.78, 5) is 31.8. The van der Waals surface area contributed by atoms with Gasteiger partial charge in [-0.25, -0.2) is 4.98 Å². The number of carbonyl (C=O) groups is 2. The summed E-state index contributed by atoms with van der Waals surface area (Å²) in [5.74, 6) is -0.673. The van der Waals surface area contributed by atoms with Gasteiger partial charge in [-0.15, -0.1) is 0 Å². The first kappa shape index (κ1) is 21.3. The number of aliphatic hydroxyl groups is 1. The Kier molecular flexibility index (Phi) is 6.03. The lowest BCUT2D eigenvalue weighted by Gasteiger charge is -2.24. The third-order valence-electron chi connectivity index (χ3n) is 5.33. The first-order valence-corrected chi connectivity index (χ1v) is 10.5. The van der Waals surface area contributed by atoms with E-state index in [2.05, 4.69) is 4.98 Å². The molecule has 1 aliphatic heterocycles. The highest BCUT2D eigenvalue weighted by molar-refractivity contribution is 6.51. The Hall–Kier alpha value is -3.93. The number of ether oxygens (including phenoxy) is 1. The lowest BCUT2D eigenvalue weighted by molar-refractivity contribution is -0.132. The summed E-state index contributed by atoms with van der Waals surface area (Å²) < 4.78 is 5.59. The van der Waals surface area contributed by atoms with Gasteiger partial charge in [-0.05, 0) is 55.3 Å². The summed E-state index contributed by atoms with van der Waals surface area (Å²) in [6.07, 6.45) is 2.45. The number of Topliss-reactive ketones (excluding diaryl/α,β-unsaturated/α-hetero) is 1. The molecule has 0 aliphatic carbocycles. The second-order valence-corrected chi connectivity index (χ2v) is 7.64. The van der Waals surface area contributed by atoms with Crippen LogP contribution in [-0.4, -0.2) is 28.4 Å². The minimum atomic E-state index is -0.790. The normalized spacial score (nSPS) is 17.6. The Labute approximate surface area is 186 Å². The third-order valence-corrected chi connectivity index (χ3v) is 5.33. The van der Waals surface area contributed by atoms with Crippen LogP contribution in [0.4, 0.5) is 5.82 Å². The average molecular weight is 428 g/mol. The average Bonchev–Trinajstić information content (AvgIpc) is 3.09. The molecule has 1 saturated heterocycles. The van der Waals surface area contributed by atoms with Crippen molar-refractivity contribution in [1.29, 1.82) is 0 Å². The van der Waals surface area contributed by atoms with Gasteiger partial charge in [0.2, 0.25) is 0 Å². The van der Waals surface area contributed by atoms with Crippen LogP contribution in [0.3, 0.4) is 0 Å².